The summed E-state index contributed by atoms with van der Waals surface area (Å²) in [6, 6.07) is 12.0. The Bertz CT molecular complexity index is 1180. The molecule has 0 aliphatic heterocycles. The molecule has 0 saturated carbocycles. The van der Waals surface area contributed by atoms with Crippen molar-refractivity contribution in [2.45, 2.75) is 44.3 Å². The molecule has 0 fully saturated rings. The summed E-state index contributed by atoms with van der Waals surface area (Å²) in [5, 5.41) is 7.62. The molecule has 236 valence electrons. The van der Waals surface area contributed by atoms with Gasteiger partial charge in [-0.2, -0.15) is 0 Å². The fraction of sp³-hybridized carbons (Fsp3) is 0.429. The number of hydrogen-bond acceptors (Lipinski definition) is 8. The Morgan fingerprint density at radius 2 is 1.49 bits per heavy atom. The van der Waals surface area contributed by atoms with Crippen molar-refractivity contribution in [3.8, 4) is 5.75 Å². The Kier molecular flexibility index (Phi) is 14.4. The van der Waals surface area contributed by atoms with Crippen LogP contribution in [0.5, 0.6) is 5.75 Å². The number of nitrogens with two attached hydrogens (primary N) is 3. The molecule has 15 heteroatoms. The normalized spacial score (nSPS) is 12.5. The van der Waals surface area contributed by atoms with Gasteiger partial charge in [0.2, 0.25) is 23.6 Å². The average Bonchev–Trinajstić information content (AvgIpc) is 2.97. The van der Waals surface area contributed by atoms with Crippen LogP contribution in [-0.4, -0.2) is 79.7 Å². The maximum absolute atomic E-state index is 13.0. The Morgan fingerprint density at radius 3 is 2.07 bits per heavy atom. The van der Waals surface area contributed by atoms with Crippen LogP contribution in [-0.2, 0) is 32.1 Å². The highest BCUT2D eigenvalue weighted by Gasteiger charge is 2.31. The molecule has 0 spiro atoms. The maximum Gasteiger partial charge on any atom is 0.573 e. The summed E-state index contributed by atoms with van der Waals surface area (Å²) in [6.45, 7) is 0.443. The van der Waals surface area contributed by atoms with Gasteiger partial charge in [-0.05, 0) is 36.1 Å². The van der Waals surface area contributed by atoms with Gasteiger partial charge in [0.05, 0.1) is 19.0 Å². The second-order valence-corrected chi connectivity index (χ2v) is 9.54. The van der Waals surface area contributed by atoms with E-state index >= 15 is 0 Å². The van der Waals surface area contributed by atoms with Gasteiger partial charge < -0.3 is 42.8 Å². The number of rotatable bonds is 17. The molecule has 0 aliphatic carbocycles. The molecule has 0 heterocycles. The first-order chi connectivity index (χ1) is 20.4. The van der Waals surface area contributed by atoms with Crippen molar-refractivity contribution in [1.29, 1.82) is 0 Å². The van der Waals surface area contributed by atoms with E-state index in [4.69, 9.17) is 17.2 Å². The van der Waals surface area contributed by atoms with E-state index in [1.807, 2.05) is 30.3 Å². The molecule has 0 aromatic heterocycles. The van der Waals surface area contributed by atoms with E-state index in [0.29, 0.717) is 12.0 Å². The van der Waals surface area contributed by atoms with Crippen LogP contribution in [0, 0.1) is 0 Å². The number of benzene rings is 2. The Labute approximate surface area is 247 Å². The van der Waals surface area contributed by atoms with Gasteiger partial charge in [0.15, 0.2) is 0 Å². The molecule has 0 aliphatic rings. The first kappa shape index (κ1) is 35.0. The molecule has 9 N–H and O–H groups in total. The molecule has 2 atom stereocenters. The first-order valence-electron chi connectivity index (χ1n) is 13.6. The minimum atomic E-state index is -4.82. The molecular weight excluding hydrogens is 571 g/mol. The number of carbonyl (C=O) groups is 4. The molecule has 4 amide bonds. The monoisotopic (exact) mass is 609 g/mol. The lowest BCUT2D eigenvalue weighted by Crippen LogP contribution is -2.51. The summed E-state index contributed by atoms with van der Waals surface area (Å²) in [5.41, 5.74) is 18.3. The summed E-state index contributed by atoms with van der Waals surface area (Å²) >= 11 is 0. The minimum absolute atomic E-state index is 0.0201. The van der Waals surface area contributed by atoms with E-state index in [1.54, 1.807) is 0 Å². The van der Waals surface area contributed by atoms with Crippen LogP contribution in [0.1, 0.15) is 24.0 Å². The zero-order valence-electron chi connectivity index (χ0n) is 23.6. The highest BCUT2D eigenvalue weighted by molar-refractivity contribution is 5.92. The number of amides is 4. The third-order valence-electron chi connectivity index (χ3n) is 6.15. The number of alkyl halides is 3. The minimum Gasteiger partial charge on any atom is -0.406 e. The van der Waals surface area contributed by atoms with E-state index in [2.05, 4.69) is 20.7 Å². The lowest BCUT2D eigenvalue weighted by Gasteiger charge is -2.23. The molecule has 0 unspecified atom stereocenters. The van der Waals surface area contributed by atoms with Gasteiger partial charge in [0.25, 0.3) is 0 Å². The molecule has 2 aromatic rings. The van der Waals surface area contributed by atoms with Crippen molar-refractivity contribution >= 4 is 23.6 Å². The van der Waals surface area contributed by atoms with E-state index < -0.39 is 54.4 Å². The van der Waals surface area contributed by atoms with Crippen LogP contribution >= 0.6 is 0 Å². The molecule has 43 heavy (non-hydrogen) atoms. The fourth-order valence-electron chi connectivity index (χ4n) is 3.97. The predicted octanol–water partition coefficient (Wildman–Crippen LogP) is -0.101. The van der Waals surface area contributed by atoms with Crippen molar-refractivity contribution in [2.75, 3.05) is 32.7 Å². The van der Waals surface area contributed by atoms with E-state index in [-0.39, 0.29) is 45.6 Å². The second-order valence-electron chi connectivity index (χ2n) is 9.54. The van der Waals surface area contributed by atoms with Gasteiger partial charge in [-0.1, -0.05) is 42.5 Å². The van der Waals surface area contributed by atoms with Crippen LogP contribution in [0.25, 0.3) is 0 Å². The van der Waals surface area contributed by atoms with Crippen molar-refractivity contribution in [3.05, 3.63) is 65.7 Å². The Morgan fingerprint density at radius 1 is 0.860 bits per heavy atom. The van der Waals surface area contributed by atoms with E-state index in [1.165, 1.54) is 17.0 Å². The van der Waals surface area contributed by atoms with Crippen LogP contribution in [0.3, 0.4) is 0 Å². The molecule has 0 bridgehead atoms. The largest absolute Gasteiger partial charge is 0.573 e. The van der Waals surface area contributed by atoms with Crippen LogP contribution < -0.4 is 37.9 Å². The van der Waals surface area contributed by atoms with Gasteiger partial charge in [0, 0.05) is 32.7 Å². The smallest absolute Gasteiger partial charge is 0.406 e. The average molecular weight is 610 g/mol. The van der Waals surface area contributed by atoms with Crippen LogP contribution in [0.4, 0.5) is 13.2 Å². The van der Waals surface area contributed by atoms with Gasteiger partial charge in [-0.25, -0.2) is 0 Å². The Balaban J connectivity index is 1.95. The third kappa shape index (κ3) is 13.5. The number of hydrogen-bond donors (Lipinski definition) is 6. The zero-order chi connectivity index (χ0) is 31.8. The fourth-order valence-corrected chi connectivity index (χ4v) is 3.97. The maximum atomic E-state index is 13.0. The summed E-state index contributed by atoms with van der Waals surface area (Å²) in [6.07, 6.45) is -4.46. The van der Waals surface area contributed by atoms with Crippen molar-refractivity contribution in [1.82, 2.24) is 20.9 Å². The van der Waals surface area contributed by atoms with Gasteiger partial charge in [-0.15, -0.1) is 13.2 Å². The summed E-state index contributed by atoms with van der Waals surface area (Å²) in [7, 11) is 0. The molecule has 12 nitrogen and oxygen atoms in total. The van der Waals surface area contributed by atoms with Crippen molar-refractivity contribution in [2.24, 2.45) is 17.2 Å². The first-order valence-corrected chi connectivity index (χ1v) is 13.6. The van der Waals surface area contributed by atoms with Gasteiger partial charge >= 0.3 is 6.36 Å². The molecule has 2 rings (SSSR count). The second kappa shape index (κ2) is 17.7. The SMILES string of the molecule is NCCN(CCN)C(=O)C[C@H](N)C(=O)NCC(=O)N[C@@H](CCc1ccccc1)C(=O)NCc1ccc(OC(F)(F)F)cc1. The highest BCUT2D eigenvalue weighted by atomic mass is 19.4. The topological polar surface area (TPSA) is 195 Å². The van der Waals surface area contributed by atoms with Crippen molar-refractivity contribution < 1.29 is 37.1 Å². The number of ether oxygens (including phenoxy) is 1. The van der Waals surface area contributed by atoms with Crippen molar-refractivity contribution in [3.63, 3.8) is 0 Å². The predicted molar refractivity (Wildman–Crippen MR) is 152 cm³/mol. The van der Waals surface area contributed by atoms with Gasteiger partial charge in [-0.3, -0.25) is 19.2 Å². The molecule has 0 radical (unpaired) electrons. The zero-order valence-corrected chi connectivity index (χ0v) is 23.6. The number of nitrogens with zero attached hydrogens (tertiary/aromatic N) is 1. The van der Waals surface area contributed by atoms with Crippen LogP contribution in [0.15, 0.2) is 54.6 Å². The summed E-state index contributed by atoms with van der Waals surface area (Å²) < 4.78 is 41.0. The van der Waals surface area contributed by atoms with Crippen LogP contribution in [0.2, 0.25) is 0 Å². The number of nitrogens with one attached hydrogen (secondary N) is 3. The third-order valence-corrected chi connectivity index (χ3v) is 6.15. The molecule has 0 saturated heterocycles. The summed E-state index contributed by atoms with van der Waals surface area (Å²) in [4.78, 5) is 51.9. The van der Waals surface area contributed by atoms with E-state index in [9.17, 15) is 32.3 Å². The number of aryl methyl sites for hydroxylation is 1. The Hall–Kier alpha value is -4.21. The van der Waals surface area contributed by atoms with E-state index in [0.717, 1.165) is 17.7 Å². The molecule has 2 aromatic carbocycles. The summed E-state index contributed by atoms with van der Waals surface area (Å²) in [5.74, 6) is -2.73. The number of halogens is 3. The van der Waals surface area contributed by atoms with Gasteiger partial charge in [0.1, 0.15) is 11.8 Å². The quantitative estimate of drug-likeness (QED) is 0.143. The highest BCUT2D eigenvalue weighted by Crippen LogP contribution is 2.22. The lowest BCUT2D eigenvalue weighted by atomic mass is 10.0. The number of carbonyl (C=O) groups excluding carboxylic acids is 4. The lowest BCUT2D eigenvalue weighted by molar-refractivity contribution is -0.274. The standard InChI is InChI=1S/C28H38F3N7O5/c29-28(30,31)43-21-9-6-20(7-10-21)17-35-27(42)23(11-8-19-4-2-1-3-5-19)37-24(39)18-36-26(41)22(34)16-25(40)38(14-12-32)15-13-33/h1-7,9-10,22-23H,8,11-18,32-34H2,(H,35,42)(H,36,41)(H,37,39)/t22-,23-/m0/s1. The molecular formula is C28H38F3N7O5.